The maximum Gasteiger partial charge on any atom is 0.341 e. The zero-order valence-corrected chi connectivity index (χ0v) is 19.3. The summed E-state index contributed by atoms with van der Waals surface area (Å²) in [5, 5.41) is 11.4. The van der Waals surface area contributed by atoms with E-state index in [4.69, 9.17) is 37.8 Å². The molecule has 0 aromatic heterocycles. The number of carbonyl (C=O) groups is 4. The number of anilines is 1. The third kappa shape index (κ3) is 5.22. The maximum absolute atomic E-state index is 13.1. The standard InChI is InChI=1S/C23H18Cl2N2O7/c1-3-4-13-7-12(9-18(33-2)20(13)34-11-19(28)29)8-15-21(30)26-23(32)27(22(15)31)14-5-6-16(24)17(25)10-14/h3,5-10H,1,4,11H2,2H3,(H,28,29)(H,26,30,32)/b15-8+. The Labute approximate surface area is 204 Å². The number of imide groups is 2. The van der Waals surface area contributed by atoms with E-state index in [2.05, 4.69) is 11.9 Å². The average Bonchev–Trinajstić information content (AvgIpc) is 2.77. The van der Waals surface area contributed by atoms with Crippen molar-refractivity contribution in [3.05, 3.63) is 69.7 Å². The van der Waals surface area contributed by atoms with Crippen LogP contribution in [0, 0.1) is 0 Å². The van der Waals surface area contributed by atoms with E-state index >= 15 is 0 Å². The quantitative estimate of drug-likeness (QED) is 0.317. The molecule has 3 rings (SSSR count). The minimum atomic E-state index is -1.17. The van der Waals surface area contributed by atoms with Crippen LogP contribution in [0.1, 0.15) is 11.1 Å². The van der Waals surface area contributed by atoms with Crippen molar-refractivity contribution in [2.75, 3.05) is 18.6 Å². The van der Waals surface area contributed by atoms with Crippen molar-refractivity contribution in [3.63, 3.8) is 0 Å². The van der Waals surface area contributed by atoms with E-state index in [9.17, 15) is 19.2 Å². The van der Waals surface area contributed by atoms with Crippen LogP contribution >= 0.6 is 23.2 Å². The molecule has 11 heteroatoms. The number of carbonyl (C=O) groups excluding carboxylic acids is 3. The molecule has 2 N–H and O–H groups in total. The Balaban J connectivity index is 2.06. The fourth-order valence-corrected chi connectivity index (χ4v) is 3.50. The summed E-state index contributed by atoms with van der Waals surface area (Å²) in [6.45, 7) is 3.08. The number of allylic oxidation sites excluding steroid dienone is 1. The highest BCUT2D eigenvalue weighted by molar-refractivity contribution is 6.43. The van der Waals surface area contributed by atoms with Gasteiger partial charge in [0, 0.05) is 5.56 Å². The Hall–Kier alpha value is -3.82. The molecule has 1 heterocycles. The van der Waals surface area contributed by atoms with Gasteiger partial charge in [-0.15, -0.1) is 6.58 Å². The molecular weight excluding hydrogens is 487 g/mol. The second-order valence-electron chi connectivity index (χ2n) is 6.94. The van der Waals surface area contributed by atoms with Crippen molar-refractivity contribution < 1.29 is 33.8 Å². The van der Waals surface area contributed by atoms with E-state index in [1.165, 1.54) is 37.5 Å². The van der Waals surface area contributed by atoms with Gasteiger partial charge in [-0.1, -0.05) is 29.3 Å². The van der Waals surface area contributed by atoms with Crippen molar-refractivity contribution in [1.29, 1.82) is 0 Å². The van der Waals surface area contributed by atoms with Crippen LogP contribution < -0.4 is 19.7 Å². The number of carboxylic acids is 1. The minimum Gasteiger partial charge on any atom is -0.493 e. The molecule has 0 radical (unpaired) electrons. The van der Waals surface area contributed by atoms with E-state index in [1.54, 1.807) is 12.1 Å². The van der Waals surface area contributed by atoms with Gasteiger partial charge in [0.2, 0.25) is 0 Å². The van der Waals surface area contributed by atoms with Gasteiger partial charge in [-0.2, -0.15) is 0 Å². The lowest BCUT2D eigenvalue weighted by Gasteiger charge is -2.26. The molecular formula is C23H18Cl2N2O7. The van der Waals surface area contributed by atoms with Gasteiger partial charge in [0.15, 0.2) is 18.1 Å². The lowest BCUT2D eigenvalue weighted by molar-refractivity contribution is -0.139. The van der Waals surface area contributed by atoms with Crippen LogP contribution in [0.25, 0.3) is 6.08 Å². The first-order valence-electron chi connectivity index (χ1n) is 9.69. The summed E-state index contributed by atoms with van der Waals surface area (Å²) in [5.41, 5.74) is 0.691. The number of urea groups is 1. The van der Waals surface area contributed by atoms with E-state index in [0.717, 1.165) is 4.90 Å². The molecule has 1 aliphatic rings. The molecule has 2 aromatic carbocycles. The lowest BCUT2D eigenvalue weighted by Crippen LogP contribution is -2.54. The van der Waals surface area contributed by atoms with Crippen molar-refractivity contribution in [2.45, 2.75) is 6.42 Å². The second-order valence-corrected chi connectivity index (χ2v) is 7.76. The van der Waals surface area contributed by atoms with Crippen LogP contribution in [-0.2, 0) is 20.8 Å². The lowest BCUT2D eigenvalue weighted by atomic mass is 10.0. The van der Waals surface area contributed by atoms with E-state index in [0.29, 0.717) is 11.1 Å². The third-order valence-electron chi connectivity index (χ3n) is 4.65. The van der Waals surface area contributed by atoms with E-state index in [1.807, 2.05) is 0 Å². The topological polar surface area (TPSA) is 122 Å². The first kappa shape index (κ1) is 24.8. The van der Waals surface area contributed by atoms with Gasteiger partial charge >= 0.3 is 12.0 Å². The van der Waals surface area contributed by atoms with Gasteiger partial charge in [-0.3, -0.25) is 14.9 Å². The number of methoxy groups -OCH3 is 1. The summed E-state index contributed by atoms with van der Waals surface area (Å²) in [5.74, 6) is -2.55. The number of hydrogen-bond acceptors (Lipinski definition) is 6. The number of aliphatic carboxylic acids is 1. The summed E-state index contributed by atoms with van der Waals surface area (Å²) in [7, 11) is 1.36. The zero-order valence-electron chi connectivity index (χ0n) is 17.8. The van der Waals surface area contributed by atoms with E-state index in [-0.39, 0.29) is 39.2 Å². The number of benzene rings is 2. The number of nitrogens with one attached hydrogen (secondary N) is 1. The molecule has 1 aliphatic heterocycles. The predicted octanol–water partition coefficient (Wildman–Crippen LogP) is 3.86. The molecule has 0 atom stereocenters. The average molecular weight is 505 g/mol. The van der Waals surface area contributed by atoms with Crippen LogP contribution in [-0.4, -0.2) is 42.6 Å². The van der Waals surface area contributed by atoms with Crippen molar-refractivity contribution in [3.8, 4) is 11.5 Å². The molecule has 0 aliphatic carbocycles. The number of carboxylic acid groups (broad SMARTS) is 1. The van der Waals surface area contributed by atoms with Crippen LogP contribution in [0.5, 0.6) is 11.5 Å². The van der Waals surface area contributed by atoms with Crippen molar-refractivity contribution >= 4 is 58.8 Å². The van der Waals surface area contributed by atoms with E-state index < -0.39 is 30.4 Å². The highest BCUT2D eigenvalue weighted by atomic mass is 35.5. The molecule has 2 aromatic rings. The van der Waals surface area contributed by atoms with Gasteiger partial charge in [0.25, 0.3) is 11.8 Å². The Morgan fingerprint density at radius 2 is 1.91 bits per heavy atom. The van der Waals surface area contributed by atoms with Crippen LogP contribution in [0.4, 0.5) is 10.5 Å². The monoisotopic (exact) mass is 504 g/mol. The molecule has 34 heavy (non-hydrogen) atoms. The number of barbiturate groups is 1. The molecule has 0 bridgehead atoms. The zero-order chi connectivity index (χ0) is 25.0. The van der Waals surface area contributed by atoms with Crippen molar-refractivity contribution in [2.24, 2.45) is 0 Å². The third-order valence-corrected chi connectivity index (χ3v) is 5.39. The normalized spacial score (nSPS) is 14.7. The summed E-state index contributed by atoms with van der Waals surface area (Å²) in [6.07, 6.45) is 3.14. The number of hydrogen-bond donors (Lipinski definition) is 2. The van der Waals surface area contributed by atoms with Crippen molar-refractivity contribution in [1.82, 2.24) is 5.32 Å². The summed E-state index contributed by atoms with van der Waals surface area (Å²) >= 11 is 11.9. The van der Waals surface area contributed by atoms with Gasteiger partial charge in [0.05, 0.1) is 22.8 Å². The molecule has 0 unspecified atom stereocenters. The first-order chi connectivity index (χ1) is 16.2. The fraction of sp³-hybridized carbons (Fsp3) is 0.130. The summed E-state index contributed by atoms with van der Waals surface area (Å²) in [4.78, 5) is 49.7. The van der Waals surface area contributed by atoms with Gasteiger partial charge < -0.3 is 14.6 Å². The molecule has 176 valence electrons. The summed E-state index contributed by atoms with van der Waals surface area (Å²) < 4.78 is 10.7. The Kier molecular flexibility index (Phi) is 7.60. The summed E-state index contributed by atoms with van der Waals surface area (Å²) in [6, 6.07) is 6.29. The molecule has 0 spiro atoms. The molecule has 9 nitrogen and oxygen atoms in total. The number of nitrogens with zero attached hydrogens (tertiary/aromatic N) is 1. The first-order valence-corrected chi connectivity index (χ1v) is 10.4. The molecule has 1 fully saturated rings. The largest absolute Gasteiger partial charge is 0.493 e. The van der Waals surface area contributed by atoms with Crippen LogP contribution in [0.3, 0.4) is 0 Å². The van der Waals surface area contributed by atoms with Gasteiger partial charge in [-0.25, -0.2) is 14.5 Å². The second kappa shape index (κ2) is 10.4. The molecule has 0 saturated carbocycles. The fourth-order valence-electron chi connectivity index (χ4n) is 3.21. The van der Waals surface area contributed by atoms with Gasteiger partial charge in [-0.05, 0) is 48.4 Å². The Bertz CT molecular complexity index is 1240. The number of halogens is 2. The number of amides is 4. The highest BCUT2D eigenvalue weighted by Gasteiger charge is 2.37. The molecule has 1 saturated heterocycles. The predicted molar refractivity (Wildman–Crippen MR) is 125 cm³/mol. The minimum absolute atomic E-state index is 0.123. The Morgan fingerprint density at radius 3 is 2.53 bits per heavy atom. The highest BCUT2D eigenvalue weighted by Crippen LogP contribution is 2.35. The number of ether oxygens (including phenoxy) is 2. The Morgan fingerprint density at radius 1 is 1.18 bits per heavy atom. The van der Waals surface area contributed by atoms with Crippen LogP contribution in [0.2, 0.25) is 10.0 Å². The number of rotatable bonds is 8. The maximum atomic E-state index is 13.1. The van der Waals surface area contributed by atoms with Gasteiger partial charge in [0.1, 0.15) is 5.57 Å². The smallest absolute Gasteiger partial charge is 0.341 e. The van der Waals surface area contributed by atoms with Crippen LogP contribution in [0.15, 0.2) is 48.6 Å². The molecule has 4 amide bonds. The SMILES string of the molecule is C=CCc1cc(/C=C2\C(=O)NC(=O)N(c3ccc(Cl)c(Cl)c3)C2=O)cc(OC)c1OCC(=O)O.